The van der Waals surface area contributed by atoms with Gasteiger partial charge in [-0.15, -0.1) is 0 Å². The standard InChI is InChI=1S/C19H16F3N3O3/c1-10-6-18(27)28-15-7-12(4-5-13(10)15)23-17(26)9-25-14(11-2-3-11)8-16(24-25)19(20,21)22/h4-8,11H,2-3,9H2,1H3,(H,23,26). The van der Waals surface area contributed by atoms with Crippen LogP contribution in [0.25, 0.3) is 11.0 Å². The highest BCUT2D eigenvalue weighted by Crippen LogP contribution is 2.42. The molecule has 9 heteroatoms. The molecule has 1 aliphatic carbocycles. The van der Waals surface area contributed by atoms with Gasteiger partial charge in [-0.3, -0.25) is 9.48 Å². The molecule has 4 rings (SSSR count). The lowest BCUT2D eigenvalue weighted by Crippen LogP contribution is -2.21. The number of anilines is 1. The minimum Gasteiger partial charge on any atom is -0.423 e. The van der Waals surface area contributed by atoms with Crippen molar-refractivity contribution in [3.8, 4) is 0 Å². The van der Waals surface area contributed by atoms with E-state index in [4.69, 9.17) is 4.42 Å². The Morgan fingerprint density at radius 1 is 1.29 bits per heavy atom. The fourth-order valence-corrected chi connectivity index (χ4v) is 3.14. The van der Waals surface area contributed by atoms with Gasteiger partial charge in [0.1, 0.15) is 12.1 Å². The lowest BCUT2D eigenvalue weighted by Gasteiger charge is -2.09. The summed E-state index contributed by atoms with van der Waals surface area (Å²) in [6.07, 6.45) is -2.99. The van der Waals surface area contributed by atoms with E-state index in [0.29, 0.717) is 17.0 Å². The summed E-state index contributed by atoms with van der Waals surface area (Å²) in [5.41, 5.74) is 0.364. The van der Waals surface area contributed by atoms with Gasteiger partial charge in [0.05, 0.1) is 0 Å². The van der Waals surface area contributed by atoms with Crippen LogP contribution in [0, 0.1) is 6.92 Å². The van der Waals surface area contributed by atoms with Gasteiger partial charge in [0, 0.05) is 34.8 Å². The number of aromatic nitrogens is 2. The molecule has 2 aromatic heterocycles. The summed E-state index contributed by atoms with van der Waals surface area (Å²) >= 11 is 0. The molecule has 0 spiro atoms. The fourth-order valence-electron chi connectivity index (χ4n) is 3.14. The molecule has 1 aromatic carbocycles. The van der Waals surface area contributed by atoms with E-state index in [1.807, 2.05) is 0 Å². The third-order valence-electron chi connectivity index (χ3n) is 4.63. The maximum absolute atomic E-state index is 13.0. The number of hydrogen-bond donors (Lipinski definition) is 1. The molecular formula is C19H16F3N3O3. The Bertz CT molecular complexity index is 1130. The summed E-state index contributed by atoms with van der Waals surface area (Å²) in [6, 6.07) is 7.23. The molecule has 1 N–H and O–H groups in total. The van der Waals surface area contributed by atoms with Crippen molar-refractivity contribution in [2.75, 3.05) is 5.32 Å². The molecule has 1 aliphatic rings. The molecule has 1 saturated carbocycles. The zero-order valence-corrected chi connectivity index (χ0v) is 14.8. The van der Waals surface area contributed by atoms with Gasteiger partial charge in [0.15, 0.2) is 5.69 Å². The zero-order valence-electron chi connectivity index (χ0n) is 14.8. The summed E-state index contributed by atoms with van der Waals surface area (Å²) in [5, 5.41) is 6.91. The zero-order chi connectivity index (χ0) is 20.1. The number of aryl methyl sites for hydroxylation is 1. The first-order chi connectivity index (χ1) is 13.2. The van der Waals surface area contributed by atoms with Gasteiger partial charge in [-0.2, -0.15) is 18.3 Å². The van der Waals surface area contributed by atoms with Crippen LogP contribution in [0.15, 0.2) is 39.5 Å². The van der Waals surface area contributed by atoms with Gasteiger partial charge in [0.25, 0.3) is 0 Å². The van der Waals surface area contributed by atoms with Crippen molar-refractivity contribution in [1.82, 2.24) is 9.78 Å². The first kappa shape index (κ1) is 18.3. The highest BCUT2D eigenvalue weighted by Gasteiger charge is 2.38. The topological polar surface area (TPSA) is 77.1 Å². The first-order valence-electron chi connectivity index (χ1n) is 8.70. The van der Waals surface area contributed by atoms with Crippen molar-refractivity contribution in [2.45, 2.75) is 38.4 Å². The SMILES string of the molecule is Cc1cc(=O)oc2cc(NC(=O)Cn3nc(C(F)(F)F)cc3C3CC3)ccc12. The molecule has 2 heterocycles. The number of amides is 1. The third kappa shape index (κ3) is 3.64. The largest absolute Gasteiger partial charge is 0.435 e. The lowest BCUT2D eigenvalue weighted by atomic mass is 10.1. The average molecular weight is 391 g/mol. The number of nitrogens with one attached hydrogen (secondary N) is 1. The summed E-state index contributed by atoms with van der Waals surface area (Å²) in [7, 11) is 0. The van der Waals surface area contributed by atoms with Gasteiger partial charge in [-0.25, -0.2) is 4.79 Å². The number of carbonyl (C=O) groups excluding carboxylic acids is 1. The van der Waals surface area contributed by atoms with E-state index >= 15 is 0 Å². The molecule has 0 unspecified atom stereocenters. The quantitative estimate of drug-likeness (QED) is 0.686. The van der Waals surface area contributed by atoms with Crippen molar-refractivity contribution in [2.24, 2.45) is 0 Å². The Morgan fingerprint density at radius 3 is 2.71 bits per heavy atom. The normalized spacial score (nSPS) is 14.4. The minimum absolute atomic E-state index is 0.00863. The van der Waals surface area contributed by atoms with Crippen LogP contribution in [0.1, 0.15) is 35.7 Å². The molecule has 28 heavy (non-hydrogen) atoms. The Morgan fingerprint density at radius 2 is 2.04 bits per heavy atom. The molecule has 0 atom stereocenters. The van der Waals surface area contributed by atoms with Gasteiger partial charge < -0.3 is 9.73 Å². The summed E-state index contributed by atoms with van der Waals surface area (Å²) in [5.74, 6) is -0.512. The Hall–Kier alpha value is -3.10. The van der Waals surface area contributed by atoms with Crippen LogP contribution in [0.3, 0.4) is 0 Å². The van der Waals surface area contributed by atoms with Gasteiger partial charge in [-0.05, 0) is 43.5 Å². The number of rotatable bonds is 4. The maximum Gasteiger partial charge on any atom is 0.435 e. The fraction of sp³-hybridized carbons (Fsp3) is 0.316. The number of hydrogen-bond acceptors (Lipinski definition) is 4. The van der Waals surface area contributed by atoms with Gasteiger partial charge in [-0.1, -0.05) is 0 Å². The molecule has 1 amide bonds. The highest BCUT2D eigenvalue weighted by molar-refractivity contribution is 5.93. The second-order valence-electron chi connectivity index (χ2n) is 6.89. The van der Waals surface area contributed by atoms with Crippen molar-refractivity contribution < 1.29 is 22.4 Å². The summed E-state index contributed by atoms with van der Waals surface area (Å²) in [4.78, 5) is 23.9. The molecule has 146 valence electrons. The predicted molar refractivity (Wildman–Crippen MR) is 95.1 cm³/mol. The number of alkyl halides is 3. The predicted octanol–water partition coefficient (Wildman–Crippen LogP) is 3.83. The molecule has 1 fully saturated rings. The maximum atomic E-state index is 13.0. The Balaban J connectivity index is 1.56. The number of nitrogens with zero attached hydrogens (tertiary/aromatic N) is 2. The molecule has 0 radical (unpaired) electrons. The third-order valence-corrected chi connectivity index (χ3v) is 4.63. The highest BCUT2D eigenvalue weighted by atomic mass is 19.4. The van der Waals surface area contributed by atoms with E-state index in [0.717, 1.165) is 34.5 Å². The minimum atomic E-state index is -4.56. The molecule has 0 bridgehead atoms. The first-order valence-corrected chi connectivity index (χ1v) is 8.70. The van der Waals surface area contributed by atoms with E-state index < -0.39 is 23.4 Å². The number of fused-ring (bicyclic) bond motifs is 1. The smallest absolute Gasteiger partial charge is 0.423 e. The molecular weight excluding hydrogens is 375 g/mol. The van der Waals surface area contributed by atoms with Crippen molar-refractivity contribution in [3.63, 3.8) is 0 Å². The molecule has 6 nitrogen and oxygen atoms in total. The number of carbonyl (C=O) groups is 1. The second kappa shape index (κ2) is 6.50. The van der Waals surface area contributed by atoms with Crippen LogP contribution in [-0.4, -0.2) is 15.7 Å². The Labute approximate surface area is 157 Å². The second-order valence-corrected chi connectivity index (χ2v) is 6.89. The van der Waals surface area contributed by atoms with Gasteiger partial charge in [0.2, 0.25) is 5.91 Å². The van der Waals surface area contributed by atoms with Crippen LogP contribution in [0.2, 0.25) is 0 Å². The van der Waals surface area contributed by atoms with Crippen molar-refractivity contribution in [3.05, 3.63) is 57.7 Å². The van der Waals surface area contributed by atoms with E-state index in [1.165, 1.54) is 12.1 Å². The number of halogens is 3. The Kier molecular flexibility index (Phi) is 4.24. The summed E-state index contributed by atoms with van der Waals surface area (Å²) in [6.45, 7) is 1.44. The van der Waals surface area contributed by atoms with Gasteiger partial charge >= 0.3 is 11.8 Å². The van der Waals surface area contributed by atoms with Crippen LogP contribution in [0.4, 0.5) is 18.9 Å². The molecule has 0 aliphatic heterocycles. The number of benzene rings is 1. The van der Waals surface area contributed by atoms with E-state index in [-0.39, 0.29) is 12.5 Å². The van der Waals surface area contributed by atoms with E-state index in [1.54, 1.807) is 19.1 Å². The monoisotopic (exact) mass is 391 g/mol. The lowest BCUT2D eigenvalue weighted by molar-refractivity contribution is -0.141. The van der Waals surface area contributed by atoms with Crippen LogP contribution in [0.5, 0.6) is 0 Å². The molecule has 0 saturated heterocycles. The van der Waals surface area contributed by atoms with Crippen LogP contribution in [-0.2, 0) is 17.5 Å². The van der Waals surface area contributed by atoms with Crippen molar-refractivity contribution in [1.29, 1.82) is 0 Å². The van der Waals surface area contributed by atoms with E-state index in [2.05, 4.69) is 10.4 Å². The van der Waals surface area contributed by atoms with Crippen molar-refractivity contribution >= 4 is 22.6 Å². The average Bonchev–Trinajstić information content (AvgIpc) is 3.34. The molecule has 3 aromatic rings. The van der Waals surface area contributed by atoms with Crippen LogP contribution >= 0.6 is 0 Å². The van der Waals surface area contributed by atoms with E-state index in [9.17, 15) is 22.8 Å². The summed E-state index contributed by atoms with van der Waals surface area (Å²) < 4.78 is 45.1. The van der Waals surface area contributed by atoms with Crippen LogP contribution < -0.4 is 10.9 Å².